The normalized spacial score (nSPS) is 11.0. The molecule has 0 fully saturated rings. The molecule has 0 N–H and O–H groups in total. The van der Waals surface area contributed by atoms with Crippen molar-refractivity contribution in [3.05, 3.63) is 41.2 Å². The molecule has 2 aromatic carbocycles. The molecule has 0 spiro atoms. The summed E-state index contributed by atoms with van der Waals surface area (Å²) in [6.07, 6.45) is 3.23. The average Bonchev–Trinajstić information content (AvgIpc) is 3.09. The van der Waals surface area contributed by atoms with E-state index in [-0.39, 0.29) is 13.2 Å². The van der Waals surface area contributed by atoms with E-state index in [1.54, 1.807) is 61.0 Å². The Bertz CT molecular complexity index is 1390. The number of rotatable bonds is 26. The van der Waals surface area contributed by atoms with Gasteiger partial charge >= 0.3 is 0 Å². The van der Waals surface area contributed by atoms with Gasteiger partial charge in [-0.2, -0.15) is 5.26 Å². The van der Waals surface area contributed by atoms with E-state index in [1.165, 1.54) is 0 Å². The average molecular weight is 685 g/mol. The smallest absolute Gasteiger partial charge is 0.216 e. The van der Waals surface area contributed by atoms with Crippen LogP contribution >= 0.6 is 0 Å². The molecular formula is C34H48N6O9. The number of aliphatic imine (C=N–C) groups is 2. The van der Waals surface area contributed by atoms with Gasteiger partial charge in [0.1, 0.15) is 32.5 Å². The lowest BCUT2D eigenvalue weighted by atomic mass is 10.1. The summed E-state index contributed by atoms with van der Waals surface area (Å²) in [5.74, 6) is 1.78. The molecule has 0 saturated carbocycles. The summed E-state index contributed by atoms with van der Waals surface area (Å²) in [5, 5.41) is 9.60. The van der Waals surface area contributed by atoms with E-state index in [1.807, 2.05) is 28.2 Å². The van der Waals surface area contributed by atoms with Crippen molar-refractivity contribution in [3.63, 3.8) is 0 Å². The van der Waals surface area contributed by atoms with E-state index >= 15 is 0 Å². The molecule has 0 saturated heterocycles. The summed E-state index contributed by atoms with van der Waals surface area (Å²) < 4.78 is 50.3. The first-order valence-electron chi connectivity index (χ1n) is 15.6. The molecule has 0 aromatic heterocycles. The third-order valence-corrected chi connectivity index (χ3v) is 6.00. The van der Waals surface area contributed by atoms with Crippen molar-refractivity contribution in [1.29, 1.82) is 5.26 Å². The van der Waals surface area contributed by atoms with Gasteiger partial charge in [-0.3, -0.25) is 4.99 Å². The zero-order chi connectivity index (χ0) is 35.7. The molecule has 0 bridgehead atoms. The van der Waals surface area contributed by atoms with Crippen LogP contribution in [0.4, 0.5) is 17.1 Å². The van der Waals surface area contributed by atoms with E-state index < -0.39 is 0 Å². The standard InChI is InChI=1S/C34H48N6O9/c1-36-29-22-33(47-17-9-42-7)34(23-30(29)38-26-40(4)5)49-19-15-45-13-11-43-10-12-44-14-18-48-31-20-27(24-35)28(37-25-39(2)3)21-32(31)46-16-8-41-6/h20-23,25-26H,8-19H2,2-7H3. The maximum atomic E-state index is 9.60. The topological polar surface area (TPSA) is 142 Å². The van der Waals surface area contributed by atoms with Crippen LogP contribution in [0, 0.1) is 17.9 Å². The maximum Gasteiger partial charge on any atom is 0.216 e. The van der Waals surface area contributed by atoms with Gasteiger partial charge in [0.15, 0.2) is 23.0 Å². The lowest BCUT2D eigenvalue weighted by molar-refractivity contribution is 0.00469. The van der Waals surface area contributed by atoms with Gasteiger partial charge in [0.25, 0.3) is 0 Å². The number of benzene rings is 2. The largest absolute Gasteiger partial charge is 0.489 e. The highest BCUT2D eigenvalue weighted by atomic mass is 16.6. The van der Waals surface area contributed by atoms with Gasteiger partial charge < -0.3 is 52.4 Å². The van der Waals surface area contributed by atoms with Gasteiger partial charge in [-0.05, 0) is 12.1 Å². The number of nitriles is 1. The Balaban J connectivity index is 1.71. The van der Waals surface area contributed by atoms with Crippen molar-refractivity contribution in [1.82, 2.24) is 9.80 Å². The fraction of sp³-hybridized carbons (Fsp3) is 0.529. The molecule has 0 amide bonds. The lowest BCUT2D eigenvalue weighted by Gasteiger charge is -2.15. The first-order valence-corrected chi connectivity index (χ1v) is 15.6. The van der Waals surface area contributed by atoms with Crippen LogP contribution in [-0.2, 0) is 23.7 Å². The number of methoxy groups -OCH3 is 2. The quantitative estimate of drug-likeness (QED) is 0.0609. The first kappa shape index (κ1) is 40.5. The molecule has 268 valence electrons. The van der Waals surface area contributed by atoms with Gasteiger partial charge in [-0.15, -0.1) is 0 Å². The third-order valence-electron chi connectivity index (χ3n) is 6.00. The highest BCUT2D eigenvalue weighted by molar-refractivity contribution is 5.76. The van der Waals surface area contributed by atoms with Crippen molar-refractivity contribution in [2.24, 2.45) is 9.98 Å². The summed E-state index contributed by atoms with van der Waals surface area (Å²) in [5.41, 5.74) is 1.67. The van der Waals surface area contributed by atoms with Crippen molar-refractivity contribution in [3.8, 4) is 29.1 Å². The van der Waals surface area contributed by atoms with Crippen LogP contribution in [0.25, 0.3) is 4.85 Å². The van der Waals surface area contributed by atoms with Crippen molar-refractivity contribution < 1.29 is 42.6 Å². The summed E-state index contributed by atoms with van der Waals surface area (Å²) >= 11 is 0. The van der Waals surface area contributed by atoms with E-state index in [4.69, 9.17) is 49.2 Å². The molecule has 2 aromatic rings. The predicted octanol–water partition coefficient (Wildman–Crippen LogP) is 4.11. The van der Waals surface area contributed by atoms with Crippen LogP contribution < -0.4 is 18.9 Å². The Morgan fingerprint density at radius 3 is 1.43 bits per heavy atom. The Morgan fingerprint density at radius 1 is 0.612 bits per heavy atom. The molecule has 0 aliphatic rings. The fourth-order valence-corrected chi connectivity index (χ4v) is 3.72. The minimum Gasteiger partial charge on any atom is -0.489 e. The summed E-state index contributed by atoms with van der Waals surface area (Å²) in [7, 11) is 10.6. The summed E-state index contributed by atoms with van der Waals surface area (Å²) in [6.45, 7) is 11.6. The number of hydrogen-bond acceptors (Lipinski definition) is 12. The van der Waals surface area contributed by atoms with Gasteiger partial charge in [0.05, 0.1) is 89.0 Å². The second-order valence-corrected chi connectivity index (χ2v) is 10.5. The van der Waals surface area contributed by atoms with Crippen molar-refractivity contribution in [2.75, 3.05) is 122 Å². The molecule has 0 aliphatic heterocycles. The Labute approximate surface area is 289 Å². The van der Waals surface area contributed by atoms with Crippen LogP contribution in [0.3, 0.4) is 0 Å². The SMILES string of the molecule is [C-]#[N+]c1cc(OCCOC)c(OCCOCCOCCOCCOc2cc(C#N)c(N=CN(C)C)cc2OCCOC)cc1N=CN(C)C. The minimum atomic E-state index is 0.248. The predicted molar refractivity (Wildman–Crippen MR) is 186 cm³/mol. The molecule has 0 unspecified atom stereocenters. The van der Waals surface area contributed by atoms with Crippen LogP contribution in [0.15, 0.2) is 34.3 Å². The van der Waals surface area contributed by atoms with Crippen molar-refractivity contribution >= 4 is 29.7 Å². The molecule has 15 nitrogen and oxygen atoms in total. The number of ether oxygens (including phenoxy) is 9. The highest BCUT2D eigenvalue weighted by Crippen LogP contribution is 2.40. The second kappa shape index (κ2) is 24.5. The molecule has 2 rings (SSSR count). The number of hydrogen-bond donors (Lipinski definition) is 0. The van der Waals surface area contributed by atoms with Crippen LogP contribution in [0.5, 0.6) is 23.0 Å². The maximum absolute atomic E-state index is 9.60. The van der Waals surface area contributed by atoms with E-state index in [2.05, 4.69) is 20.9 Å². The molecule has 0 aliphatic carbocycles. The van der Waals surface area contributed by atoms with Crippen molar-refractivity contribution in [2.45, 2.75) is 0 Å². The monoisotopic (exact) mass is 684 g/mol. The molecule has 0 radical (unpaired) electrons. The van der Waals surface area contributed by atoms with Gasteiger partial charge in [0.2, 0.25) is 5.69 Å². The molecule has 49 heavy (non-hydrogen) atoms. The van der Waals surface area contributed by atoms with Crippen LogP contribution in [0.2, 0.25) is 0 Å². The minimum absolute atomic E-state index is 0.248. The van der Waals surface area contributed by atoms with E-state index in [9.17, 15) is 5.26 Å². The van der Waals surface area contributed by atoms with E-state index in [0.717, 1.165) is 0 Å². The van der Waals surface area contributed by atoms with Gasteiger partial charge in [-0.25, -0.2) is 9.84 Å². The highest BCUT2D eigenvalue weighted by Gasteiger charge is 2.14. The van der Waals surface area contributed by atoms with Crippen LogP contribution in [0.1, 0.15) is 5.56 Å². The molecular weight excluding hydrogens is 636 g/mol. The third kappa shape index (κ3) is 16.3. The Morgan fingerprint density at radius 2 is 1.00 bits per heavy atom. The summed E-state index contributed by atoms with van der Waals surface area (Å²) in [4.78, 5) is 15.8. The molecule has 15 heteroatoms. The second-order valence-electron chi connectivity index (χ2n) is 10.5. The van der Waals surface area contributed by atoms with E-state index in [0.29, 0.717) is 112 Å². The fourth-order valence-electron chi connectivity index (χ4n) is 3.72. The zero-order valence-corrected chi connectivity index (χ0v) is 29.3. The molecule has 0 atom stereocenters. The Kier molecular flexibility index (Phi) is 20.3. The molecule has 0 heterocycles. The Hall–Kier alpha value is -4.64. The summed E-state index contributed by atoms with van der Waals surface area (Å²) in [6, 6.07) is 8.73. The zero-order valence-electron chi connectivity index (χ0n) is 29.3. The van der Waals surface area contributed by atoms with Gasteiger partial charge in [0, 0.05) is 54.5 Å². The van der Waals surface area contributed by atoms with Crippen LogP contribution in [-0.4, -0.2) is 144 Å². The first-order chi connectivity index (χ1) is 23.8. The van der Waals surface area contributed by atoms with Gasteiger partial charge in [-0.1, -0.05) is 0 Å². The number of nitrogens with zero attached hydrogens (tertiary/aromatic N) is 6. The lowest BCUT2D eigenvalue weighted by Crippen LogP contribution is -2.14.